The van der Waals surface area contributed by atoms with Gasteiger partial charge in [-0.2, -0.15) is 36.9 Å². The normalized spacial score (nSPS) is 12.2. The van der Waals surface area contributed by atoms with Crippen molar-refractivity contribution in [3.8, 4) is 34.4 Å². The molecule has 0 fully saturated rings. The van der Waals surface area contributed by atoms with Crippen LogP contribution in [0.1, 0.15) is 16.7 Å². The Balaban J connectivity index is 2.72. The van der Waals surface area contributed by atoms with Gasteiger partial charge >= 0.3 is 18.0 Å². The maximum Gasteiger partial charge on any atom is 0.435 e. The molecule has 0 atom stereocenters. The van der Waals surface area contributed by atoms with Crippen molar-refractivity contribution in [3.05, 3.63) is 80.2 Å². The van der Waals surface area contributed by atoms with Crippen LogP contribution in [0.3, 0.4) is 0 Å². The third kappa shape index (κ3) is 4.08. The molecule has 1 radical (unpaired) electrons. The highest BCUT2D eigenvalue weighted by Crippen LogP contribution is 2.60. The molecule has 173 valence electrons. The van der Waals surface area contributed by atoms with Gasteiger partial charge in [-0.15, -0.1) is 0 Å². The van der Waals surface area contributed by atoms with Crippen LogP contribution in [0, 0.1) is 28.7 Å². The minimum atomic E-state index is -6.46. The number of alkyl halides is 7. The van der Waals surface area contributed by atoms with E-state index < -0.39 is 43.7 Å². The van der Waals surface area contributed by atoms with Gasteiger partial charge in [0.2, 0.25) is 0 Å². The highest BCUT2D eigenvalue weighted by molar-refractivity contribution is 9.11. The van der Waals surface area contributed by atoms with Crippen LogP contribution in [-0.2, 0) is 5.67 Å². The second-order valence-electron chi connectivity index (χ2n) is 6.85. The summed E-state index contributed by atoms with van der Waals surface area (Å²) in [4.78, 5) is 0. The van der Waals surface area contributed by atoms with E-state index in [-0.39, 0.29) is 22.3 Å². The zero-order valence-electron chi connectivity index (χ0n) is 16.4. The van der Waals surface area contributed by atoms with Crippen molar-refractivity contribution >= 4 is 31.9 Å². The molecular formula is C23H8Br2F7N2. The first kappa shape index (κ1) is 25.7. The van der Waals surface area contributed by atoms with Crippen LogP contribution < -0.4 is 0 Å². The Morgan fingerprint density at radius 3 is 1.32 bits per heavy atom. The second-order valence-corrected chi connectivity index (χ2v) is 8.43. The Hall–Kier alpha value is -2.89. The highest BCUT2D eigenvalue weighted by atomic mass is 79.9. The molecule has 3 aromatic carbocycles. The summed E-state index contributed by atoms with van der Waals surface area (Å²) < 4.78 is 99.1. The zero-order valence-corrected chi connectivity index (χ0v) is 19.6. The molecule has 34 heavy (non-hydrogen) atoms. The number of hydrogen-bond donors (Lipinski definition) is 0. The Morgan fingerprint density at radius 2 is 1.00 bits per heavy atom. The molecule has 0 aliphatic rings. The standard InChI is InChI=1S/C23H8Br2F7N2/c24-16-9-17(25)19(15-8-4-2-6-13(15)11-34)20(21(26,22(27,28)29)23(30,31)32)18(16)14-7-3-1-5-12(14)10-33/h1-8H. The first-order valence-electron chi connectivity index (χ1n) is 9.05. The first-order chi connectivity index (χ1) is 15.8. The third-order valence-corrected chi connectivity index (χ3v) is 6.11. The fourth-order valence-electron chi connectivity index (χ4n) is 3.46. The summed E-state index contributed by atoms with van der Waals surface area (Å²) in [5, 5.41) is 18.9. The van der Waals surface area contributed by atoms with Gasteiger partial charge in [0.1, 0.15) is 0 Å². The second kappa shape index (κ2) is 9.05. The number of rotatable bonds is 3. The van der Waals surface area contributed by atoms with E-state index >= 15 is 4.39 Å². The van der Waals surface area contributed by atoms with Crippen molar-refractivity contribution in [2.75, 3.05) is 0 Å². The molecule has 0 aliphatic heterocycles. The quantitative estimate of drug-likeness (QED) is 0.282. The Bertz CT molecular complexity index is 1250. The molecule has 0 amide bonds. The van der Waals surface area contributed by atoms with E-state index in [2.05, 4.69) is 37.9 Å². The van der Waals surface area contributed by atoms with Crippen molar-refractivity contribution in [3.63, 3.8) is 0 Å². The maximum atomic E-state index is 15.8. The summed E-state index contributed by atoms with van der Waals surface area (Å²) in [6.45, 7) is 0. The largest absolute Gasteiger partial charge is 0.435 e. The van der Waals surface area contributed by atoms with Gasteiger partial charge in [-0.1, -0.05) is 36.4 Å². The molecular weight excluding hydrogens is 597 g/mol. The zero-order chi connectivity index (χ0) is 25.5. The molecule has 0 aromatic heterocycles. The summed E-state index contributed by atoms with van der Waals surface area (Å²) in [6, 6.07) is 15.7. The average Bonchev–Trinajstić information content (AvgIpc) is 2.76. The lowest BCUT2D eigenvalue weighted by molar-refractivity contribution is -0.348. The predicted molar refractivity (Wildman–Crippen MR) is 116 cm³/mol. The number of benzene rings is 3. The number of nitriles is 2. The van der Waals surface area contributed by atoms with E-state index in [9.17, 15) is 36.9 Å². The fourth-order valence-corrected chi connectivity index (χ4v) is 4.94. The lowest BCUT2D eigenvalue weighted by Crippen LogP contribution is -2.51. The number of hydrogen-bond acceptors (Lipinski definition) is 2. The number of nitrogens with zero attached hydrogens (tertiary/aromatic N) is 2. The maximum absolute atomic E-state index is 15.8. The molecule has 3 aromatic rings. The predicted octanol–water partition coefficient (Wildman–Crippen LogP) is 8.38. The first-order valence-corrected chi connectivity index (χ1v) is 10.6. The van der Waals surface area contributed by atoms with Gasteiger partial charge in [0.05, 0.1) is 23.3 Å². The van der Waals surface area contributed by atoms with Crippen molar-refractivity contribution < 1.29 is 30.7 Å². The SMILES string of the molecule is N#Cc1ccccc1-c1c(Br)[c]c(Br)c(-c2ccccc2C#N)c1C(F)(C(F)(F)F)C(F)(F)F. The summed E-state index contributed by atoms with van der Waals surface area (Å²) in [5.41, 5.74) is -10.8. The number of halogens is 9. The molecule has 0 saturated heterocycles. The van der Waals surface area contributed by atoms with E-state index in [1.54, 1.807) is 12.1 Å². The van der Waals surface area contributed by atoms with Gasteiger partial charge in [-0.05, 0) is 44.0 Å². The highest BCUT2D eigenvalue weighted by Gasteiger charge is 2.75. The smallest absolute Gasteiger partial charge is 0.218 e. The van der Waals surface area contributed by atoms with Crippen LogP contribution in [0.2, 0.25) is 0 Å². The van der Waals surface area contributed by atoms with Gasteiger partial charge in [-0.3, -0.25) is 0 Å². The summed E-state index contributed by atoms with van der Waals surface area (Å²) in [5.74, 6) is 0. The minimum Gasteiger partial charge on any atom is -0.218 e. The van der Waals surface area contributed by atoms with Crippen LogP contribution in [0.5, 0.6) is 0 Å². The molecule has 3 rings (SSSR count). The molecule has 11 heteroatoms. The Morgan fingerprint density at radius 1 is 0.647 bits per heavy atom. The topological polar surface area (TPSA) is 47.6 Å². The van der Waals surface area contributed by atoms with Crippen LogP contribution in [0.4, 0.5) is 30.7 Å². The molecule has 0 unspecified atom stereocenters. The summed E-state index contributed by atoms with van der Waals surface area (Å²) in [6.07, 6.45) is -12.9. The summed E-state index contributed by atoms with van der Waals surface area (Å²) >= 11 is 5.81. The van der Waals surface area contributed by atoms with Crippen LogP contribution in [-0.4, -0.2) is 12.4 Å². The molecule has 0 bridgehead atoms. The van der Waals surface area contributed by atoms with E-state index in [0.717, 1.165) is 24.3 Å². The molecule has 0 heterocycles. The van der Waals surface area contributed by atoms with Crippen molar-refractivity contribution in [2.24, 2.45) is 0 Å². The molecule has 0 spiro atoms. The van der Waals surface area contributed by atoms with E-state index in [0.29, 0.717) is 0 Å². The van der Waals surface area contributed by atoms with E-state index in [1.165, 1.54) is 24.3 Å². The van der Waals surface area contributed by atoms with Crippen LogP contribution in [0.25, 0.3) is 22.3 Å². The van der Waals surface area contributed by atoms with Gasteiger partial charge < -0.3 is 0 Å². The lowest BCUT2D eigenvalue weighted by atomic mass is 9.80. The van der Waals surface area contributed by atoms with E-state index in [1.807, 2.05) is 0 Å². The third-order valence-electron chi connectivity index (χ3n) is 4.92. The summed E-state index contributed by atoms with van der Waals surface area (Å²) in [7, 11) is 0. The lowest BCUT2D eigenvalue weighted by Gasteiger charge is -2.34. The Kier molecular flexibility index (Phi) is 6.84. The minimum absolute atomic E-state index is 0.300. The van der Waals surface area contributed by atoms with Crippen LogP contribution in [0.15, 0.2) is 57.5 Å². The van der Waals surface area contributed by atoms with Crippen LogP contribution >= 0.6 is 31.9 Å². The van der Waals surface area contributed by atoms with Crippen molar-refractivity contribution in [2.45, 2.75) is 18.0 Å². The molecule has 0 N–H and O–H groups in total. The van der Waals surface area contributed by atoms with Gasteiger partial charge in [0, 0.05) is 42.8 Å². The van der Waals surface area contributed by atoms with Gasteiger partial charge in [0.15, 0.2) is 0 Å². The Labute approximate surface area is 205 Å². The average molecular weight is 605 g/mol. The van der Waals surface area contributed by atoms with Gasteiger partial charge in [0.25, 0.3) is 0 Å². The van der Waals surface area contributed by atoms with Crippen molar-refractivity contribution in [1.29, 1.82) is 10.5 Å². The van der Waals surface area contributed by atoms with E-state index in [4.69, 9.17) is 0 Å². The molecule has 0 aliphatic carbocycles. The fraction of sp³-hybridized carbons (Fsp3) is 0.130. The molecule has 0 saturated carbocycles. The monoisotopic (exact) mass is 603 g/mol. The van der Waals surface area contributed by atoms with Crippen molar-refractivity contribution in [1.82, 2.24) is 0 Å². The molecule has 2 nitrogen and oxygen atoms in total. The van der Waals surface area contributed by atoms with Gasteiger partial charge in [-0.25, -0.2) is 4.39 Å².